The third-order valence-corrected chi connectivity index (χ3v) is 3.61. The Morgan fingerprint density at radius 2 is 1.42 bits per heavy atom. The average Bonchev–Trinajstić information content (AvgIpc) is 2.03. The quantitative estimate of drug-likeness (QED) is 0.575. The maximum atomic E-state index is 2.37. The molecule has 2 unspecified atom stereocenters. The van der Waals surface area contributed by atoms with Crippen molar-refractivity contribution in [1.29, 1.82) is 0 Å². The van der Waals surface area contributed by atoms with Gasteiger partial charge in [-0.15, -0.1) is 0 Å². The minimum absolute atomic E-state index is 1.09. The summed E-state index contributed by atoms with van der Waals surface area (Å²) in [7, 11) is 0. The molecule has 0 heterocycles. The predicted octanol–water partition coefficient (Wildman–Crippen LogP) is 4.25. The summed E-state index contributed by atoms with van der Waals surface area (Å²) in [5.41, 5.74) is 0. The highest BCUT2D eigenvalue weighted by Crippen LogP contribution is 2.47. The van der Waals surface area contributed by atoms with Crippen LogP contribution in [0.25, 0.3) is 0 Å². The van der Waals surface area contributed by atoms with Crippen LogP contribution in [0.2, 0.25) is 0 Å². The summed E-state index contributed by atoms with van der Waals surface area (Å²) in [5.74, 6) is 3.28. The average molecular weight is 168 g/mol. The molecule has 12 heavy (non-hydrogen) atoms. The zero-order valence-corrected chi connectivity index (χ0v) is 8.97. The molecule has 0 N–H and O–H groups in total. The van der Waals surface area contributed by atoms with Gasteiger partial charge in [0, 0.05) is 0 Å². The first-order valence-electron chi connectivity index (χ1n) is 5.83. The Kier molecular flexibility index (Phi) is 4.11. The normalized spacial score (nSPS) is 34.8. The predicted molar refractivity (Wildman–Crippen MR) is 55.2 cm³/mol. The summed E-state index contributed by atoms with van der Waals surface area (Å²) in [6.45, 7) is 7.01. The molecule has 0 bridgehead atoms. The molecule has 0 aromatic carbocycles. The van der Waals surface area contributed by atoms with Crippen LogP contribution in [0.15, 0.2) is 0 Å². The molecule has 0 heteroatoms. The molecule has 1 aliphatic rings. The molecule has 1 aliphatic carbocycles. The minimum atomic E-state index is 1.09. The van der Waals surface area contributed by atoms with Gasteiger partial charge in [0.1, 0.15) is 0 Å². The van der Waals surface area contributed by atoms with Gasteiger partial charge in [-0.25, -0.2) is 0 Å². The van der Waals surface area contributed by atoms with E-state index in [0.717, 1.165) is 17.8 Å². The second-order valence-electron chi connectivity index (χ2n) is 4.41. The minimum Gasteiger partial charge on any atom is -0.0654 e. The summed E-state index contributed by atoms with van der Waals surface area (Å²) < 4.78 is 0. The van der Waals surface area contributed by atoms with Gasteiger partial charge in [-0.05, 0) is 24.2 Å². The largest absolute Gasteiger partial charge is 0.0654 e. The lowest BCUT2D eigenvalue weighted by atomic mass is 9.61. The first kappa shape index (κ1) is 10.1. The van der Waals surface area contributed by atoms with Gasteiger partial charge in [0.2, 0.25) is 0 Å². The molecule has 0 aromatic heterocycles. The van der Waals surface area contributed by atoms with Crippen molar-refractivity contribution in [2.75, 3.05) is 0 Å². The third kappa shape index (κ3) is 2.02. The van der Waals surface area contributed by atoms with Gasteiger partial charge in [0.15, 0.2) is 0 Å². The van der Waals surface area contributed by atoms with Crippen LogP contribution >= 0.6 is 0 Å². The second-order valence-corrected chi connectivity index (χ2v) is 4.41. The molecule has 1 fully saturated rings. The van der Waals surface area contributed by atoms with Gasteiger partial charge >= 0.3 is 0 Å². The van der Waals surface area contributed by atoms with Gasteiger partial charge in [0.25, 0.3) is 0 Å². The number of rotatable bonds is 5. The monoisotopic (exact) mass is 168 g/mol. The highest BCUT2D eigenvalue weighted by molar-refractivity contribution is 4.87. The van der Waals surface area contributed by atoms with Crippen molar-refractivity contribution in [3.05, 3.63) is 0 Å². The van der Waals surface area contributed by atoms with Crippen LogP contribution in [0.4, 0.5) is 0 Å². The zero-order valence-electron chi connectivity index (χ0n) is 8.97. The van der Waals surface area contributed by atoms with Crippen molar-refractivity contribution in [2.24, 2.45) is 17.8 Å². The van der Waals surface area contributed by atoms with Crippen molar-refractivity contribution < 1.29 is 0 Å². The SMILES string of the molecule is CCCC1CC(CCC)C1CC. The fourth-order valence-corrected chi connectivity index (χ4v) is 3.00. The Morgan fingerprint density at radius 3 is 1.75 bits per heavy atom. The summed E-state index contributed by atoms with van der Waals surface area (Å²) in [6, 6.07) is 0. The molecule has 0 saturated heterocycles. The Morgan fingerprint density at radius 1 is 0.917 bits per heavy atom. The maximum absolute atomic E-state index is 2.37. The van der Waals surface area contributed by atoms with E-state index in [1.54, 1.807) is 6.42 Å². The third-order valence-electron chi connectivity index (χ3n) is 3.61. The molecular weight excluding hydrogens is 144 g/mol. The van der Waals surface area contributed by atoms with Crippen LogP contribution in [-0.4, -0.2) is 0 Å². The van der Waals surface area contributed by atoms with Crippen molar-refractivity contribution in [2.45, 2.75) is 59.3 Å². The van der Waals surface area contributed by atoms with Gasteiger partial charge in [-0.1, -0.05) is 52.9 Å². The Labute approximate surface area is 77.7 Å². The van der Waals surface area contributed by atoms with E-state index < -0.39 is 0 Å². The highest BCUT2D eigenvalue weighted by atomic mass is 14.4. The van der Waals surface area contributed by atoms with Gasteiger partial charge in [0.05, 0.1) is 0 Å². The van der Waals surface area contributed by atoms with Crippen LogP contribution in [0, 0.1) is 17.8 Å². The number of hydrogen-bond acceptors (Lipinski definition) is 0. The number of hydrogen-bond donors (Lipinski definition) is 0. The molecule has 0 aromatic rings. The molecular formula is C12H24. The first-order chi connectivity index (χ1) is 5.83. The molecule has 0 spiro atoms. The molecule has 1 saturated carbocycles. The van der Waals surface area contributed by atoms with E-state index in [1.165, 1.54) is 32.1 Å². The molecule has 0 radical (unpaired) electrons. The summed E-state index contributed by atoms with van der Waals surface area (Å²) in [4.78, 5) is 0. The standard InChI is InChI=1S/C12H24/c1-4-7-10-9-11(8-5-2)12(10)6-3/h10-12H,4-9H2,1-3H3. The highest BCUT2D eigenvalue weighted by Gasteiger charge is 2.37. The molecule has 0 amide bonds. The molecule has 72 valence electrons. The summed E-state index contributed by atoms with van der Waals surface area (Å²) in [5, 5.41) is 0. The molecule has 1 rings (SSSR count). The van der Waals surface area contributed by atoms with Gasteiger partial charge < -0.3 is 0 Å². The van der Waals surface area contributed by atoms with Crippen LogP contribution < -0.4 is 0 Å². The Bertz CT molecular complexity index is 105. The van der Waals surface area contributed by atoms with Crippen molar-refractivity contribution in [3.63, 3.8) is 0 Å². The van der Waals surface area contributed by atoms with Crippen LogP contribution in [0.3, 0.4) is 0 Å². The summed E-state index contributed by atoms with van der Waals surface area (Å²) in [6.07, 6.45) is 8.72. The first-order valence-corrected chi connectivity index (χ1v) is 5.83. The lowest BCUT2D eigenvalue weighted by Crippen LogP contribution is -2.36. The van der Waals surface area contributed by atoms with Gasteiger partial charge in [-0.2, -0.15) is 0 Å². The zero-order chi connectivity index (χ0) is 8.97. The Balaban J connectivity index is 2.25. The van der Waals surface area contributed by atoms with Crippen LogP contribution in [0.1, 0.15) is 59.3 Å². The van der Waals surface area contributed by atoms with E-state index in [0.29, 0.717) is 0 Å². The van der Waals surface area contributed by atoms with E-state index in [2.05, 4.69) is 20.8 Å². The lowest BCUT2D eigenvalue weighted by Gasteiger charge is -2.45. The summed E-state index contributed by atoms with van der Waals surface area (Å²) >= 11 is 0. The molecule has 0 aliphatic heterocycles. The van der Waals surface area contributed by atoms with Crippen molar-refractivity contribution in [1.82, 2.24) is 0 Å². The molecule has 0 nitrogen and oxygen atoms in total. The fourth-order valence-electron chi connectivity index (χ4n) is 3.00. The van der Waals surface area contributed by atoms with E-state index in [4.69, 9.17) is 0 Å². The Hall–Kier alpha value is 0. The second kappa shape index (κ2) is 4.89. The van der Waals surface area contributed by atoms with E-state index >= 15 is 0 Å². The van der Waals surface area contributed by atoms with Crippen molar-refractivity contribution in [3.8, 4) is 0 Å². The van der Waals surface area contributed by atoms with E-state index in [1.807, 2.05) is 0 Å². The van der Waals surface area contributed by atoms with E-state index in [-0.39, 0.29) is 0 Å². The molecule has 2 atom stereocenters. The van der Waals surface area contributed by atoms with Crippen LogP contribution in [-0.2, 0) is 0 Å². The smallest absolute Gasteiger partial charge is 0.0360 e. The maximum Gasteiger partial charge on any atom is -0.0360 e. The fraction of sp³-hybridized carbons (Fsp3) is 1.00. The van der Waals surface area contributed by atoms with Crippen LogP contribution in [0.5, 0.6) is 0 Å². The van der Waals surface area contributed by atoms with Crippen molar-refractivity contribution >= 4 is 0 Å². The van der Waals surface area contributed by atoms with Gasteiger partial charge in [-0.3, -0.25) is 0 Å². The van der Waals surface area contributed by atoms with E-state index in [9.17, 15) is 0 Å². The topological polar surface area (TPSA) is 0 Å². The lowest BCUT2D eigenvalue weighted by molar-refractivity contribution is 0.0525.